The van der Waals surface area contributed by atoms with Crippen molar-refractivity contribution in [2.24, 2.45) is 17.6 Å². The molecule has 0 saturated heterocycles. The van der Waals surface area contributed by atoms with E-state index in [9.17, 15) is 0 Å². The van der Waals surface area contributed by atoms with Crippen molar-refractivity contribution >= 4 is 33.9 Å². The molecule has 1 aliphatic carbocycles. The van der Waals surface area contributed by atoms with Crippen molar-refractivity contribution in [2.45, 2.75) is 13.3 Å². The van der Waals surface area contributed by atoms with Gasteiger partial charge >= 0.3 is 0 Å². The van der Waals surface area contributed by atoms with Gasteiger partial charge in [0.05, 0.1) is 11.1 Å². The molecular formula is C16H19N3S. The normalized spacial score (nSPS) is 20.9. The number of nitrogens with zero attached hydrogens (tertiary/aromatic N) is 2. The fourth-order valence-corrected chi connectivity index (χ4v) is 2.82. The van der Waals surface area contributed by atoms with E-state index < -0.39 is 0 Å². The average Bonchev–Trinajstić information content (AvgIpc) is 3.12. The first-order chi connectivity index (χ1) is 9.56. The molecule has 3 rings (SSSR count). The molecule has 1 aliphatic rings. The van der Waals surface area contributed by atoms with Crippen molar-refractivity contribution in [3.63, 3.8) is 0 Å². The summed E-state index contributed by atoms with van der Waals surface area (Å²) in [6.07, 6.45) is 1.31. The number of anilines is 1. The van der Waals surface area contributed by atoms with Gasteiger partial charge in [-0.05, 0) is 30.4 Å². The van der Waals surface area contributed by atoms with E-state index in [4.69, 9.17) is 22.9 Å². The number of hydrogen-bond acceptors (Lipinski definition) is 3. The second kappa shape index (κ2) is 5.02. The molecule has 104 valence electrons. The third kappa shape index (κ3) is 2.48. The molecule has 0 radical (unpaired) electrons. The highest BCUT2D eigenvalue weighted by Crippen LogP contribution is 2.39. The largest absolute Gasteiger partial charge is 0.389 e. The maximum Gasteiger partial charge on any atom is 0.139 e. The van der Waals surface area contributed by atoms with Crippen LogP contribution in [0, 0.1) is 11.8 Å². The van der Waals surface area contributed by atoms with E-state index >= 15 is 0 Å². The highest BCUT2D eigenvalue weighted by Gasteiger charge is 2.33. The number of aromatic nitrogens is 1. The first kappa shape index (κ1) is 13.3. The molecule has 0 aliphatic heterocycles. The number of pyridine rings is 1. The molecule has 2 atom stereocenters. The van der Waals surface area contributed by atoms with Crippen molar-refractivity contribution in [2.75, 3.05) is 18.5 Å². The Morgan fingerprint density at radius 3 is 2.80 bits per heavy atom. The smallest absolute Gasteiger partial charge is 0.139 e. The summed E-state index contributed by atoms with van der Waals surface area (Å²) in [4.78, 5) is 7.36. The van der Waals surface area contributed by atoms with Crippen LogP contribution in [0.25, 0.3) is 10.9 Å². The Bertz CT molecular complexity index is 668. The highest BCUT2D eigenvalue weighted by molar-refractivity contribution is 7.80. The maximum absolute atomic E-state index is 5.88. The molecule has 4 heteroatoms. The Balaban J connectivity index is 2.02. The molecule has 1 saturated carbocycles. The Morgan fingerprint density at radius 2 is 2.15 bits per heavy atom. The fourth-order valence-electron chi connectivity index (χ4n) is 2.67. The van der Waals surface area contributed by atoms with Crippen molar-refractivity contribution in [1.29, 1.82) is 0 Å². The molecule has 1 aromatic carbocycles. The lowest BCUT2D eigenvalue weighted by atomic mass is 10.1. The van der Waals surface area contributed by atoms with Crippen LogP contribution in [0.5, 0.6) is 0 Å². The average molecular weight is 285 g/mol. The zero-order valence-corrected chi connectivity index (χ0v) is 12.7. The number of thiocarbonyl (C=S) groups is 1. The number of rotatable bonds is 4. The van der Waals surface area contributed by atoms with Gasteiger partial charge in [-0.2, -0.15) is 0 Å². The first-order valence-corrected chi connectivity index (χ1v) is 7.38. The molecule has 0 spiro atoms. The van der Waals surface area contributed by atoms with Gasteiger partial charge in [0.25, 0.3) is 0 Å². The van der Waals surface area contributed by atoms with Gasteiger partial charge in [0.15, 0.2) is 0 Å². The van der Waals surface area contributed by atoms with Gasteiger partial charge < -0.3 is 10.6 Å². The summed E-state index contributed by atoms with van der Waals surface area (Å²) in [6.45, 7) is 3.31. The maximum atomic E-state index is 5.88. The number of benzene rings is 1. The van der Waals surface area contributed by atoms with Crippen LogP contribution >= 0.6 is 12.2 Å². The van der Waals surface area contributed by atoms with Gasteiger partial charge in [-0.3, -0.25) is 0 Å². The van der Waals surface area contributed by atoms with Gasteiger partial charge in [-0.1, -0.05) is 37.3 Å². The van der Waals surface area contributed by atoms with E-state index in [0.29, 0.717) is 4.99 Å². The van der Waals surface area contributed by atoms with Crippen LogP contribution in [0.4, 0.5) is 5.82 Å². The second-order valence-electron chi connectivity index (χ2n) is 5.77. The van der Waals surface area contributed by atoms with Crippen LogP contribution in [0.3, 0.4) is 0 Å². The summed E-state index contributed by atoms with van der Waals surface area (Å²) in [5.41, 5.74) is 7.74. The van der Waals surface area contributed by atoms with E-state index in [1.165, 1.54) is 6.42 Å². The zero-order chi connectivity index (χ0) is 14.3. The van der Waals surface area contributed by atoms with Crippen LogP contribution in [-0.2, 0) is 0 Å². The molecule has 2 unspecified atom stereocenters. The zero-order valence-electron chi connectivity index (χ0n) is 11.8. The summed E-state index contributed by atoms with van der Waals surface area (Å²) in [5, 5.41) is 1.08. The number of hydrogen-bond donors (Lipinski definition) is 1. The Hall–Kier alpha value is -1.68. The molecule has 3 nitrogen and oxygen atoms in total. The van der Waals surface area contributed by atoms with Crippen molar-refractivity contribution in [3.05, 3.63) is 35.9 Å². The topological polar surface area (TPSA) is 42.2 Å². The van der Waals surface area contributed by atoms with Gasteiger partial charge in [0.1, 0.15) is 10.8 Å². The predicted molar refractivity (Wildman–Crippen MR) is 88.2 cm³/mol. The number of fused-ring (bicyclic) bond motifs is 1. The van der Waals surface area contributed by atoms with Gasteiger partial charge in [-0.15, -0.1) is 0 Å². The van der Waals surface area contributed by atoms with Crippen molar-refractivity contribution < 1.29 is 0 Å². The van der Waals surface area contributed by atoms with E-state index in [-0.39, 0.29) is 0 Å². The van der Waals surface area contributed by atoms with Crippen LogP contribution in [0.2, 0.25) is 0 Å². The Morgan fingerprint density at radius 1 is 1.45 bits per heavy atom. The van der Waals surface area contributed by atoms with Crippen molar-refractivity contribution in [3.8, 4) is 0 Å². The molecule has 1 fully saturated rings. The second-order valence-corrected chi connectivity index (χ2v) is 6.21. The van der Waals surface area contributed by atoms with E-state index in [0.717, 1.165) is 40.7 Å². The molecule has 1 aromatic heterocycles. The van der Waals surface area contributed by atoms with Gasteiger partial charge in [-0.25, -0.2) is 4.98 Å². The standard InChI is InChI=1S/C16H19N3S/c1-10-7-12(10)9-19(2)16-13(15(17)20)8-11-5-3-4-6-14(11)18-16/h3-6,8,10,12H,7,9H2,1-2H3,(H2,17,20). The fraction of sp³-hybridized carbons (Fsp3) is 0.375. The van der Waals surface area contributed by atoms with Crippen LogP contribution in [0.1, 0.15) is 18.9 Å². The molecule has 20 heavy (non-hydrogen) atoms. The minimum atomic E-state index is 0.411. The van der Waals surface area contributed by atoms with Crippen molar-refractivity contribution in [1.82, 2.24) is 4.98 Å². The summed E-state index contributed by atoms with van der Waals surface area (Å²) >= 11 is 5.20. The van der Waals surface area contributed by atoms with E-state index in [1.807, 2.05) is 30.3 Å². The quantitative estimate of drug-likeness (QED) is 0.877. The summed E-state index contributed by atoms with van der Waals surface area (Å²) in [6, 6.07) is 10.1. The third-order valence-electron chi connectivity index (χ3n) is 4.12. The Kier molecular flexibility index (Phi) is 3.34. The molecule has 0 amide bonds. The molecule has 2 N–H and O–H groups in total. The van der Waals surface area contributed by atoms with E-state index in [2.05, 4.69) is 18.9 Å². The van der Waals surface area contributed by atoms with Crippen LogP contribution in [-0.4, -0.2) is 23.6 Å². The summed E-state index contributed by atoms with van der Waals surface area (Å²) < 4.78 is 0. The molecule has 2 aromatic rings. The molecular weight excluding hydrogens is 266 g/mol. The lowest BCUT2D eigenvalue weighted by Gasteiger charge is -2.21. The number of para-hydroxylation sites is 1. The lowest BCUT2D eigenvalue weighted by Crippen LogP contribution is -2.25. The Labute approximate surface area is 124 Å². The molecule has 0 bridgehead atoms. The third-order valence-corrected chi connectivity index (χ3v) is 4.34. The molecule has 1 heterocycles. The summed E-state index contributed by atoms with van der Waals surface area (Å²) in [7, 11) is 2.07. The minimum Gasteiger partial charge on any atom is -0.389 e. The highest BCUT2D eigenvalue weighted by atomic mass is 32.1. The van der Waals surface area contributed by atoms with Crippen LogP contribution < -0.4 is 10.6 Å². The SMILES string of the molecule is CC1CC1CN(C)c1nc2ccccc2cc1C(N)=S. The predicted octanol–water partition coefficient (Wildman–Crippen LogP) is 2.96. The van der Waals surface area contributed by atoms with E-state index in [1.54, 1.807) is 0 Å². The minimum absolute atomic E-state index is 0.411. The lowest BCUT2D eigenvalue weighted by molar-refractivity contribution is 0.720. The van der Waals surface area contributed by atoms with Gasteiger partial charge in [0.2, 0.25) is 0 Å². The first-order valence-electron chi connectivity index (χ1n) is 6.97. The summed E-state index contributed by atoms with van der Waals surface area (Å²) in [5.74, 6) is 2.49. The number of nitrogens with two attached hydrogens (primary N) is 1. The van der Waals surface area contributed by atoms with Gasteiger partial charge in [0, 0.05) is 19.0 Å². The van der Waals surface area contributed by atoms with Crippen LogP contribution in [0.15, 0.2) is 30.3 Å². The monoisotopic (exact) mass is 285 g/mol.